The molecule has 0 fully saturated rings. The van der Waals surface area contributed by atoms with Crippen LogP contribution in [0.3, 0.4) is 0 Å². The highest BCUT2D eigenvalue weighted by Gasteiger charge is 2.19. The summed E-state index contributed by atoms with van der Waals surface area (Å²) in [6, 6.07) is 14.4. The molecule has 2 aromatic carbocycles. The fraction of sp³-hybridized carbons (Fsp3) is 0.222. The third-order valence-corrected chi connectivity index (χ3v) is 4.57. The Kier molecular flexibility index (Phi) is 5.18. The van der Waals surface area contributed by atoms with E-state index >= 15 is 0 Å². The Morgan fingerprint density at radius 3 is 2.69 bits per heavy atom. The molecule has 0 spiro atoms. The van der Waals surface area contributed by atoms with Crippen LogP contribution in [0.4, 0.5) is 10.5 Å². The highest BCUT2D eigenvalue weighted by Crippen LogP contribution is 2.26. The molecule has 7 nitrogen and oxygen atoms in total. The summed E-state index contributed by atoms with van der Waals surface area (Å²) in [5, 5.41) is 15.0. The van der Waals surface area contributed by atoms with E-state index in [1.54, 1.807) is 16.6 Å². The van der Waals surface area contributed by atoms with Crippen LogP contribution in [-0.2, 0) is 0 Å². The van der Waals surface area contributed by atoms with E-state index in [1.165, 1.54) is 0 Å². The van der Waals surface area contributed by atoms with Crippen molar-refractivity contribution in [1.82, 2.24) is 25.1 Å². The van der Waals surface area contributed by atoms with Gasteiger partial charge in [-0.25, -0.2) is 4.79 Å². The van der Waals surface area contributed by atoms with Gasteiger partial charge in [-0.1, -0.05) is 35.9 Å². The average molecular weight is 371 g/mol. The first-order valence-corrected chi connectivity index (χ1v) is 8.49. The fourth-order valence-electron chi connectivity index (χ4n) is 2.60. The number of anilines is 1. The van der Waals surface area contributed by atoms with Crippen molar-refractivity contribution in [2.24, 2.45) is 0 Å². The maximum atomic E-state index is 12.6. The molecule has 0 aliphatic carbocycles. The number of hydrogen-bond donors (Lipinski definition) is 1. The van der Waals surface area contributed by atoms with Gasteiger partial charge in [0, 0.05) is 17.8 Å². The van der Waals surface area contributed by atoms with E-state index in [9.17, 15) is 4.79 Å². The van der Waals surface area contributed by atoms with Crippen molar-refractivity contribution >= 4 is 23.3 Å². The molecule has 134 valence electrons. The molecule has 1 unspecified atom stereocenters. The predicted molar refractivity (Wildman–Crippen MR) is 101 cm³/mol. The lowest BCUT2D eigenvalue weighted by Crippen LogP contribution is -2.33. The first kappa shape index (κ1) is 17.9. The number of urea groups is 1. The molecule has 26 heavy (non-hydrogen) atoms. The van der Waals surface area contributed by atoms with Crippen LogP contribution in [0.25, 0.3) is 5.69 Å². The van der Waals surface area contributed by atoms with Gasteiger partial charge in [0.05, 0.1) is 11.7 Å². The quantitative estimate of drug-likeness (QED) is 0.756. The van der Waals surface area contributed by atoms with Crippen LogP contribution in [-0.4, -0.2) is 38.2 Å². The Morgan fingerprint density at radius 2 is 2.00 bits per heavy atom. The summed E-state index contributed by atoms with van der Waals surface area (Å²) in [6.07, 6.45) is 0. The number of benzene rings is 2. The van der Waals surface area contributed by atoms with E-state index in [1.807, 2.05) is 62.4 Å². The van der Waals surface area contributed by atoms with E-state index < -0.39 is 0 Å². The van der Waals surface area contributed by atoms with Crippen LogP contribution in [0.1, 0.15) is 24.4 Å². The van der Waals surface area contributed by atoms with Gasteiger partial charge in [-0.3, -0.25) is 0 Å². The normalized spacial score (nSPS) is 11.8. The number of carbonyl (C=O) groups excluding carboxylic acids is 1. The van der Waals surface area contributed by atoms with Gasteiger partial charge < -0.3 is 10.2 Å². The minimum Gasteiger partial charge on any atom is -0.321 e. The molecular weight excluding hydrogens is 352 g/mol. The van der Waals surface area contributed by atoms with Gasteiger partial charge in [0.25, 0.3) is 0 Å². The number of carbonyl (C=O) groups is 1. The van der Waals surface area contributed by atoms with Crippen LogP contribution < -0.4 is 5.32 Å². The summed E-state index contributed by atoms with van der Waals surface area (Å²) < 4.78 is 1.60. The van der Waals surface area contributed by atoms with Crippen LogP contribution in [0, 0.1) is 6.92 Å². The molecule has 1 N–H and O–H groups in total. The highest BCUT2D eigenvalue weighted by molar-refractivity contribution is 6.31. The second kappa shape index (κ2) is 7.53. The third-order valence-electron chi connectivity index (χ3n) is 4.22. The lowest BCUT2D eigenvalue weighted by atomic mass is 10.1. The highest BCUT2D eigenvalue weighted by atomic mass is 35.5. The molecule has 1 aromatic heterocycles. The lowest BCUT2D eigenvalue weighted by molar-refractivity contribution is 0.208. The maximum absolute atomic E-state index is 12.6. The molecule has 0 aliphatic heterocycles. The molecule has 0 radical (unpaired) electrons. The molecule has 0 bridgehead atoms. The number of nitrogens with one attached hydrogen (secondary N) is 1. The average Bonchev–Trinajstić information content (AvgIpc) is 3.07. The minimum absolute atomic E-state index is 0.173. The van der Waals surface area contributed by atoms with Crippen molar-refractivity contribution < 1.29 is 4.79 Å². The number of hydrogen-bond acceptors (Lipinski definition) is 4. The molecule has 8 heteroatoms. The zero-order chi connectivity index (χ0) is 18.7. The molecule has 0 saturated heterocycles. The maximum Gasteiger partial charge on any atom is 0.322 e. The third kappa shape index (κ3) is 3.67. The van der Waals surface area contributed by atoms with Gasteiger partial charge in [-0.2, -0.15) is 4.68 Å². The Labute approximate surface area is 156 Å². The van der Waals surface area contributed by atoms with Crippen LogP contribution in [0.2, 0.25) is 5.02 Å². The Morgan fingerprint density at radius 1 is 1.23 bits per heavy atom. The summed E-state index contributed by atoms with van der Waals surface area (Å²) in [5.41, 5.74) is 2.32. The van der Waals surface area contributed by atoms with Crippen molar-refractivity contribution in [1.29, 1.82) is 0 Å². The zero-order valence-corrected chi connectivity index (χ0v) is 15.5. The number of amides is 2. The van der Waals surface area contributed by atoms with Gasteiger partial charge in [0.2, 0.25) is 0 Å². The summed E-state index contributed by atoms with van der Waals surface area (Å²) in [4.78, 5) is 14.2. The van der Waals surface area contributed by atoms with Crippen LogP contribution in [0.15, 0.2) is 48.5 Å². The SMILES string of the molecule is Cc1nnnn1-c1cccc(NC(=O)N(C)C(C)c2ccccc2Cl)c1. The van der Waals surface area contributed by atoms with Gasteiger partial charge in [0.1, 0.15) is 0 Å². The van der Waals surface area contributed by atoms with Gasteiger partial charge >= 0.3 is 6.03 Å². The Hall–Kier alpha value is -2.93. The molecule has 3 aromatic rings. The smallest absolute Gasteiger partial charge is 0.321 e. The van der Waals surface area contributed by atoms with Crippen LogP contribution in [0.5, 0.6) is 0 Å². The number of nitrogens with zero attached hydrogens (tertiary/aromatic N) is 5. The number of rotatable bonds is 4. The fourth-order valence-corrected chi connectivity index (χ4v) is 2.89. The van der Waals surface area contributed by atoms with Gasteiger partial charge in [0.15, 0.2) is 5.82 Å². The molecule has 1 heterocycles. The standard InChI is InChI=1S/C18H19ClN6O/c1-12(16-9-4-5-10-17(16)19)24(3)18(26)20-14-7-6-8-15(11-14)25-13(2)21-22-23-25/h4-12H,1-3H3,(H,20,26). The molecule has 2 amide bonds. The van der Waals surface area contributed by atoms with Crippen molar-refractivity contribution in [3.8, 4) is 5.69 Å². The van der Waals surface area contributed by atoms with Gasteiger partial charge in [-0.05, 0) is 54.1 Å². The second-order valence-electron chi connectivity index (χ2n) is 5.93. The van der Waals surface area contributed by atoms with Crippen molar-refractivity contribution in [3.63, 3.8) is 0 Å². The van der Waals surface area contributed by atoms with E-state index in [2.05, 4.69) is 20.8 Å². The first-order valence-electron chi connectivity index (χ1n) is 8.11. The van der Waals surface area contributed by atoms with E-state index in [-0.39, 0.29) is 12.1 Å². The molecule has 3 rings (SSSR count). The number of aromatic nitrogens is 4. The van der Waals surface area contributed by atoms with E-state index in [0.29, 0.717) is 16.5 Å². The molecule has 1 atom stereocenters. The van der Waals surface area contributed by atoms with Crippen molar-refractivity contribution in [2.45, 2.75) is 19.9 Å². The number of tetrazole rings is 1. The lowest BCUT2D eigenvalue weighted by Gasteiger charge is -2.26. The summed E-state index contributed by atoms with van der Waals surface area (Å²) in [5.74, 6) is 0.665. The predicted octanol–water partition coefficient (Wildman–Crippen LogP) is 3.85. The zero-order valence-electron chi connectivity index (χ0n) is 14.7. The van der Waals surface area contributed by atoms with Gasteiger partial charge in [-0.15, -0.1) is 5.10 Å². The Balaban J connectivity index is 1.76. The summed E-state index contributed by atoms with van der Waals surface area (Å²) in [7, 11) is 1.73. The summed E-state index contributed by atoms with van der Waals surface area (Å²) >= 11 is 6.24. The monoisotopic (exact) mass is 370 g/mol. The topological polar surface area (TPSA) is 75.9 Å². The largest absolute Gasteiger partial charge is 0.322 e. The minimum atomic E-state index is -0.233. The second-order valence-corrected chi connectivity index (χ2v) is 6.33. The number of aryl methyl sites for hydroxylation is 1. The number of halogens is 1. The van der Waals surface area contributed by atoms with Crippen LogP contribution >= 0.6 is 11.6 Å². The van der Waals surface area contributed by atoms with Crippen molar-refractivity contribution in [2.75, 3.05) is 12.4 Å². The molecule has 0 aliphatic rings. The summed E-state index contributed by atoms with van der Waals surface area (Å²) in [6.45, 7) is 3.74. The van der Waals surface area contributed by atoms with E-state index in [0.717, 1.165) is 11.3 Å². The first-order chi connectivity index (χ1) is 12.5. The van der Waals surface area contributed by atoms with E-state index in [4.69, 9.17) is 11.6 Å². The molecular formula is C18H19ClN6O. The Bertz CT molecular complexity index is 925. The molecule has 0 saturated carbocycles. The van der Waals surface area contributed by atoms with Crippen molar-refractivity contribution in [3.05, 3.63) is 64.9 Å².